The van der Waals surface area contributed by atoms with Crippen LogP contribution in [0.4, 0.5) is 0 Å². The van der Waals surface area contributed by atoms with Crippen molar-refractivity contribution in [3.8, 4) is 6.07 Å². The molecule has 1 aliphatic carbocycles. The molecule has 1 aromatic rings. The van der Waals surface area contributed by atoms with Crippen molar-refractivity contribution in [3.63, 3.8) is 0 Å². The van der Waals surface area contributed by atoms with E-state index in [4.69, 9.17) is 5.26 Å². The third kappa shape index (κ3) is 2.50. The normalized spacial score (nSPS) is 16.7. The highest BCUT2D eigenvalue weighted by atomic mass is 79.9. The SMILES string of the molecule is N#CC1(C(=O)NCc2cccc(Br)c2)CCC1. The van der Waals surface area contributed by atoms with E-state index in [0.29, 0.717) is 19.4 Å². The predicted molar refractivity (Wildman–Crippen MR) is 67.9 cm³/mol. The first-order valence-corrected chi connectivity index (χ1v) is 6.40. The fourth-order valence-corrected chi connectivity index (χ4v) is 2.37. The molecule has 17 heavy (non-hydrogen) atoms. The highest BCUT2D eigenvalue weighted by molar-refractivity contribution is 9.10. The summed E-state index contributed by atoms with van der Waals surface area (Å²) in [6.45, 7) is 0.474. The largest absolute Gasteiger partial charge is 0.351 e. The Morgan fingerprint density at radius 2 is 2.29 bits per heavy atom. The van der Waals surface area contributed by atoms with Crippen LogP contribution in [0.2, 0.25) is 0 Å². The van der Waals surface area contributed by atoms with Crippen LogP contribution in [0.3, 0.4) is 0 Å². The Labute approximate surface area is 109 Å². The van der Waals surface area contributed by atoms with Crippen LogP contribution < -0.4 is 5.32 Å². The molecule has 0 atom stereocenters. The van der Waals surface area contributed by atoms with Crippen LogP contribution >= 0.6 is 15.9 Å². The zero-order valence-corrected chi connectivity index (χ0v) is 11.0. The van der Waals surface area contributed by atoms with Crippen molar-refractivity contribution in [2.75, 3.05) is 0 Å². The molecule has 1 amide bonds. The topological polar surface area (TPSA) is 52.9 Å². The number of nitriles is 1. The quantitative estimate of drug-likeness (QED) is 0.931. The van der Waals surface area contributed by atoms with Crippen LogP contribution in [0.5, 0.6) is 0 Å². The van der Waals surface area contributed by atoms with Gasteiger partial charge >= 0.3 is 0 Å². The molecule has 2 rings (SSSR count). The second kappa shape index (κ2) is 4.89. The lowest BCUT2D eigenvalue weighted by Crippen LogP contribution is -2.44. The van der Waals surface area contributed by atoms with Gasteiger partial charge in [0.1, 0.15) is 5.41 Å². The third-order valence-electron chi connectivity index (χ3n) is 3.20. The molecule has 88 valence electrons. The summed E-state index contributed by atoms with van der Waals surface area (Å²) < 4.78 is 0.989. The van der Waals surface area contributed by atoms with E-state index in [2.05, 4.69) is 27.3 Å². The molecule has 0 aliphatic heterocycles. The van der Waals surface area contributed by atoms with E-state index in [1.807, 2.05) is 24.3 Å². The fourth-order valence-electron chi connectivity index (χ4n) is 1.92. The molecule has 1 aliphatic rings. The Bertz CT molecular complexity index is 475. The Morgan fingerprint density at radius 1 is 1.53 bits per heavy atom. The highest BCUT2D eigenvalue weighted by Gasteiger charge is 2.44. The van der Waals surface area contributed by atoms with Gasteiger partial charge in [-0.25, -0.2) is 0 Å². The van der Waals surface area contributed by atoms with E-state index in [-0.39, 0.29) is 5.91 Å². The van der Waals surface area contributed by atoms with Crippen molar-refractivity contribution in [2.24, 2.45) is 5.41 Å². The van der Waals surface area contributed by atoms with Gasteiger partial charge in [-0.3, -0.25) is 4.79 Å². The first-order chi connectivity index (χ1) is 8.16. The number of nitrogens with one attached hydrogen (secondary N) is 1. The highest BCUT2D eigenvalue weighted by Crippen LogP contribution is 2.40. The van der Waals surface area contributed by atoms with Gasteiger partial charge in [-0.05, 0) is 37.0 Å². The van der Waals surface area contributed by atoms with Crippen molar-refractivity contribution in [3.05, 3.63) is 34.3 Å². The smallest absolute Gasteiger partial charge is 0.240 e. The molecular formula is C13H13BrN2O. The van der Waals surface area contributed by atoms with E-state index in [1.54, 1.807) is 0 Å². The van der Waals surface area contributed by atoms with E-state index >= 15 is 0 Å². The molecule has 1 N–H and O–H groups in total. The van der Waals surface area contributed by atoms with Gasteiger partial charge in [-0.2, -0.15) is 5.26 Å². The molecule has 3 nitrogen and oxygen atoms in total. The lowest BCUT2D eigenvalue weighted by Gasteiger charge is -2.33. The van der Waals surface area contributed by atoms with E-state index in [0.717, 1.165) is 16.5 Å². The molecule has 0 unspecified atom stereocenters. The van der Waals surface area contributed by atoms with Gasteiger partial charge in [-0.1, -0.05) is 28.1 Å². The number of rotatable bonds is 3. The van der Waals surface area contributed by atoms with Crippen LogP contribution in [0.25, 0.3) is 0 Å². The van der Waals surface area contributed by atoms with Crippen LogP contribution in [0.1, 0.15) is 24.8 Å². The Balaban J connectivity index is 1.95. The van der Waals surface area contributed by atoms with Crippen LogP contribution in [0.15, 0.2) is 28.7 Å². The predicted octanol–water partition coefficient (Wildman–Crippen LogP) is 2.76. The second-order valence-electron chi connectivity index (χ2n) is 4.36. The van der Waals surface area contributed by atoms with Gasteiger partial charge in [0.25, 0.3) is 0 Å². The van der Waals surface area contributed by atoms with Gasteiger partial charge in [0, 0.05) is 11.0 Å². The van der Waals surface area contributed by atoms with Crippen LogP contribution in [-0.2, 0) is 11.3 Å². The average molecular weight is 293 g/mol. The summed E-state index contributed by atoms with van der Waals surface area (Å²) in [7, 11) is 0. The molecule has 0 aromatic heterocycles. The van der Waals surface area contributed by atoms with Gasteiger partial charge in [0.2, 0.25) is 5.91 Å². The summed E-state index contributed by atoms with van der Waals surface area (Å²) in [6.07, 6.45) is 2.35. The van der Waals surface area contributed by atoms with Gasteiger partial charge in [-0.15, -0.1) is 0 Å². The Kier molecular flexibility index (Phi) is 3.49. The summed E-state index contributed by atoms with van der Waals surface area (Å²) in [4.78, 5) is 11.9. The monoisotopic (exact) mass is 292 g/mol. The second-order valence-corrected chi connectivity index (χ2v) is 5.28. The lowest BCUT2D eigenvalue weighted by atomic mass is 9.69. The maximum Gasteiger partial charge on any atom is 0.240 e. The minimum atomic E-state index is -0.758. The first-order valence-electron chi connectivity index (χ1n) is 5.60. The van der Waals surface area contributed by atoms with Crippen molar-refractivity contribution in [1.82, 2.24) is 5.32 Å². The van der Waals surface area contributed by atoms with E-state index in [1.165, 1.54) is 0 Å². The number of nitrogens with zero attached hydrogens (tertiary/aromatic N) is 1. The fraction of sp³-hybridized carbons (Fsp3) is 0.385. The lowest BCUT2D eigenvalue weighted by molar-refractivity contribution is -0.131. The van der Waals surface area contributed by atoms with Gasteiger partial charge in [0.05, 0.1) is 6.07 Å². The minimum absolute atomic E-state index is 0.133. The molecule has 0 bridgehead atoms. The zero-order chi connectivity index (χ0) is 12.3. The van der Waals surface area contributed by atoms with Crippen molar-refractivity contribution in [1.29, 1.82) is 5.26 Å². The number of benzene rings is 1. The number of hydrogen-bond acceptors (Lipinski definition) is 2. The molecule has 1 fully saturated rings. The summed E-state index contributed by atoms with van der Waals surface area (Å²) in [5, 5.41) is 11.9. The number of halogens is 1. The molecule has 0 spiro atoms. The molecule has 1 saturated carbocycles. The maximum absolute atomic E-state index is 11.9. The molecule has 0 radical (unpaired) electrons. The molecular weight excluding hydrogens is 280 g/mol. The molecule has 0 heterocycles. The summed E-state index contributed by atoms with van der Waals surface area (Å²) in [6, 6.07) is 9.91. The number of amides is 1. The van der Waals surface area contributed by atoms with Gasteiger partial charge in [0.15, 0.2) is 0 Å². The summed E-state index contributed by atoms with van der Waals surface area (Å²) >= 11 is 3.38. The van der Waals surface area contributed by atoms with Crippen molar-refractivity contribution >= 4 is 21.8 Å². The Morgan fingerprint density at radius 3 is 2.82 bits per heavy atom. The zero-order valence-electron chi connectivity index (χ0n) is 9.37. The average Bonchev–Trinajstić information content (AvgIpc) is 2.26. The number of hydrogen-bond donors (Lipinski definition) is 1. The standard InChI is InChI=1S/C13H13BrN2O/c14-11-4-1-3-10(7-11)8-16-12(17)13(9-15)5-2-6-13/h1,3-4,7H,2,5-6,8H2,(H,16,17). The summed E-state index contributed by atoms with van der Waals surface area (Å²) in [5.74, 6) is -0.133. The number of carbonyl (C=O) groups is 1. The summed E-state index contributed by atoms with van der Waals surface area (Å²) in [5.41, 5.74) is 0.270. The Hall–Kier alpha value is -1.34. The van der Waals surface area contributed by atoms with Crippen molar-refractivity contribution < 1.29 is 4.79 Å². The van der Waals surface area contributed by atoms with E-state index < -0.39 is 5.41 Å². The molecule has 0 saturated heterocycles. The minimum Gasteiger partial charge on any atom is -0.351 e. The molecule has 1 aromatic carbocycles. The first kappa shape index (κ1) is 12.1. The number of carbonyl (C=O) groups excluding carboxylic acids is 1. The van der Waals surface area contributed by atoms with Crippen molar-refractivity contribution in [2.45, 2.75) is 25.8 Å². The van der Waals surface area contributed by atoms with Gasteiger partial charge < -0.3 is 5.32 Å². The molecule has 4 heteroatoms. The van der Waals surface area contributed by atoms with Crippen LogP contribution in [-0.4, -0.2) is 5.91 Å². The maximum atomic E-state index is 11.9. The van der Waals surface area contributed by atoms with E-state index in [9.17, 15) is 4.79 Å². The van der Waals surface area contributed by atoms with Crippen LogP contribution in [0, 0.1) is 16.7 Å². The third-order valence-corrected chi connectivity index (χ3v) is 3.69.